The minimum Gasteiger partial charge on any atom is -0.462 e. The van der Waals surface area contributed by atoms with Crippen LogP contribution in [0.1, 0.15) is 29.3 Å². The first-order chi connectivity index (χ1) is 15.5. The van der Waals surface area contributed by atoms with E-state index in [4.69, 9.17) is 15.0 Å². The molecule has 9 heteroatoms. The first kappa shape index (κ1) is 22.8. The number of esters is 1. The fraction of sp³-hybridized carbons (Fsp3) is 0.348. The molecule has 32 heavy (non-hydrogen) atoms. The number of hydrogen-bond donors (Lipinski definition) is 0. The molecule has 0 aliphatic carbocycles. The summed E-state index contributed by atoms with van der Waals surface area (Å²) in [5, 5.41) is 3.61. The quantitative estimate of drug-likeness (QED) is 0.253. The lowest BCUT2D eigenvalue weighted by atomic mass is 10.0. The molecule has 0 N–H and O–H groups in total. The van der Waals surface area contributed by atoms with E-state index in [1.165, 1.54) is 0 Å². The number of carbonyl (C=O) groups excluding carboxylic acids is 3. The molecule has 0 bridgehead atoms. The number of ether oxygens (including phenoxy) is 2. The van der Waals surface area contributed by atoms with Gasteiger partial charge < -0.3 is 9.47 Å². The second-order valence-corrected chi connectivity index (χ2v) is 7.65. The van der Waals surface area contributed by atoms with E-state index in [2.05, 4.69) is 10.0 Å². The summed E-state index contributed by atoms with van der Waals surface area (Å²) in [5.41, 5.74) is 10.3. The Kier molecular flexibility index (Phi) is 7.83. The van der Waals surface area contributed by atoms with Crippen molar-refractivity contribution >= 4 is 18.0 Å². The van der Waals surface area contributed by atoms with E-state index in [1.807, 2.05) is 30.3 Å². The molecule has 3 atom stereocenters. The van der Waals surface area contributed by atoms with Crippen LogP contribution in [0.25, 0.3) is 10.4 Å². The molecule has 0 aromatic heterocycles. The van der Waals surface area contributed by atoms with E-state index in [0.29, 0.717) is 12.0 Å². The van der Waals surface area contributed by atoms with Gasteiger partial charge in [-0.3, -0.25) is 4.79 Å². The van der Waals surface area contributed by atoms with Gasteiger partial charge in [0.05, 0.1) is 18.2 Å². The second kappa shape index (κ2) is 11.0. The van der Waals surface area contributed by atoms with Gasteiger partial charge in [0.15, 0.2) is 0 Å². The lowest BCUT2D eigenvalue weighted by Crippen LogP contribution is -2.45. The van der Waals surface area contributed by atoms with Gasteiger partial charge in [0.25, 0.3) is 0 Å². The van der Waals surface area contributed by atoms with Gasteiger partial charge in [-0.15, -0.1) is 0 Å². The van der Waals surface area contributed by atoms with Crippen LogP contribution < -0.4 is 0 Å². The molecule has 1 aliphatic rings. The van der Waals surface area contributed by atoms with Crippen LogP contribution in [0, 0.1) is 5.92 Å². The zero-order chi connectivity index (χ0) is 22.9. The Bertz CT molecular complexity index is 992. The standard InChI is InChI=1S/C23H24N4O5/c1-16(14-31-22(29)18-10-6-3-7-11-18)12-20(25-26-24)21(28)27-19(15-32-23(27)30)13-17-8-4-2-5-9-17/h2-11,16,19-20H,12-15H2,1H3/t16-,19+,20+/m1/s1. The lowest BCUT2D eigenvalue weighted by molar-refractivity contribution is -0.130. The summed E-state index contributed by atoms with van der Waals surface area (Å²) in [5.74, 6) is -1.38. The molecule has 2 aromatic carbocycles. The summed E-state index contributed by atoms with van der Waals surface area (Å²) >= 11 is 0. The Labute approximate surface area is 185 Å². The maximum atomic E-state index is 13.1. The Morgan fingerprint density at radius 3 is 2.50 bits per heavy atom. The van der Waals surface area contributed by atoms with Crippen molar-refractivity contribution in [3.05, 3.63) is 82.2 Å². The maximum absolute atomic E-state index is 13.1. The molecule has 0 saturated carbocycles. The van der Waals surface area contributed by atoms with Crippen LogP contribution in [0.5, 0.6) is 0 Å². The van der Waals surface area contributed by atoms with E-state index < -0.39 is 30.1 Å². The number of imide groups is 1. The SMILES string of the molecule is C[C@@H](COC(=O)c1ccccc1)C[C@H](N=[N+]=[N-])C(=O)N1C(=O)OC[C@@H]1Cc1ccccc1. The highest BCUT2D eigenvalue weighted by molar-refractivity contribution is 5.96. The van der Waals surface area contributed by atoms with Crippen molar-refractivity contribution in [2.75, 3.05) is 13.2 Å². The Balaban J connectivity index is 1.63. The largest absolute Gasteiger partial charge is 0.462 e. The Morgan fingerprint density at radius 2 is 1.84 bits per heavy atom. The molecule has 0 radical (unpaired) electrons. The number of azide groups is 1. The highest BCUT2D eigenvalue weighted by atomic mass is 16.6. The van der Waals surface area contributed by atoms with Gasteiger partial charge in [-0.05, 0) is 42.0 Å². The Morgan fingerprint density at radius 1 is 1.19 bits per heavy atom. The third kappa shape index (κ3) is 5.86. The molecule has 1 fully saturated rings. The Hall–Kier alpha value is -3.84. The average Bonchev–Trinajstić information content (AvgIpc) is 3.17. The van der Waals surface area contributed by atoms with Crippen LogP contribution in [0.15, 0.2) is 65.8 Å². The topological polar surface area (TPSA) is 122 Å². The minimum absolute atomic E-state index is 0.0380. The van der Waals surface area contributed by atoms with Gasteiger partial charge >= 0.3 is 12.1 Å². The molecule has 9 nitrogen and oxygen atoms in total. The highest BCUT2D eigenvalue weighted by Gasteiger charge is 2.40. The summed E-state index contributed by atoms with van der Waals surface area (Å²) in [6, 6.07) is 16.4. The predicted octanol–water partition coefficient (Wildman–Crippen LogP) is 4.14. The van der Waals surface area contributed by atoms with E-state index in [9.17, 15) is 14.4 Å². The van der Waals surface area contributed by atoms with Crippen molar-refractivity contribution in [2.45, 2.75) is 31.8 Å². The van der Waals surface area contributed by atoms with Crippen molar-refractivity contribution in [1.82, 2.24) is 4.90 Å². The number of nitrogens with zero attached hydrogens (tertiary/aromatic N) is 4. The van der Waals surface area contributed by atoms with E-state index in [0.717, 1.165) is 10.5 Å². The molecule has 166 valence electrons. The van der Waals surface area contributed by atoms with Crippen LogP contribution >= 0.6 is 0 Å². The van der Waals surface area contributed by atoms with Crippen LogP contribution in [0.2, 0.25) is 0 Å². The molecule has 2 aromatic rings. The average molecular weight is 436 g/mol. The molecular formula is C23H24N4O5. The van der Waals surface area contributed by atoms with Crippen molar-refractivity contribution in [2.24, 2.45) is 11.0 Å². The summed E-state index contributed by atoms with van der Waals surface area (Å²) < 4.78 is 10.4. The second-order valence-electron chi connectivity index (χ2n) is 7.65. The van der Waals surface area contributed by atoms with Gasteiger partial charge in [-0.1, -0.05) is 60.6 Å². The van der Waals surface area contributed by atoms with E-state index in [-0.39, 0.29) is 25.6 Å². The van der Waals surface area contributed by atoms with Gasteiger partial charge in [0.2, 0.25) is 5.91 Å². The van der Waals surface area contributed by atoms with E-state index in [1.54, 1.807) is 37.3 Å². The molecule has 1 saturated heterocycles. The number of benzene rings is 2. The van der Waals surface area contributed by atoms with Crippen molar-refractivity contribution in [1.29, 1.82) is 0 Å². The molecule has 2 amide bonds. The van der Waals surface area contributed by atoms with Crippen molar-refractivity contribution < 1.29 is 23.9 Å². The van der Waals surface area contributed by atoms with Gasteiger partial charge in [0, 0.05) is 4.91 Å². The van der Waals surface area contributed by atoms with Gasteiger partial charge in [-0.25, -0.2) is 14.5 Å². The number of hydrogen-bond acceptors (Lipinski definition) is 6. The fourth-order valence-electron chi connectivity index (χ4n) is 3.51. The van der Waals surface area contributed by atoms with Gasteiger partial charge in [0.1, 0.15) is 12.6 Å². The smallest absolute Gasteiger partial charge is 0.416 e. The van der Waals surface area contributed by atoms with Gasteiger partial charge in [-0.2, -0.15) is 0 Å². The highest BCUT2D eigenvalue weighted by Crippen LogP contribution is 2.22. The fourth-order valence-corrected chi connectivity index (χ4v) is 3.51. The van der Waals surface area contributed by atoms with Crippen molar-refractivity contribution in [3.8, 4) is 0 Å². The first-order valence-corrected chi connectivity index (χ1v) is 10.3. The van der Waals surface area contributed by atoms with Crippen LogP contribution in [-0.4, -0.2) is 48.2 Å². The monoisotopic (exact) mass is 436 g/mol. The third-order valence-corrected chi connectivity index (χ3v) is 5.12. The molecule has 0 unspecified atom stereocenters. The van der Waals surface area contributed by atoms with Crippen LogP contribution in [0.3, 0.4) is 0 Å². The number of cyclic esters (lactones) is 1. The molecular weight excluding hydrogens is 412 g/mol. The van der Waals surface area contributed by atoms with Crippen molar-refractivity contribution in [3.63, 3.8) is 0 Å². The zero-order valence-corrected chi connectivity index (χ0v) is 17.7. The molecule has 1 aliphatic heterocycles. The summed E-state index contributed by atoms with van der Waals surface area (Å²) in [7, 11) is 0. The predicted molar refractivity (Wildman–Crippen MR) is 116 cm³/mol. The molecule has 0 spiro atoms. The maximum Gasteiger partial charge on any atom is 0.416 e. The summed E-state index contributed by atoms with van der Waals surface area (Å²) in [6.45, 7) is 1.89. The normalized spacial score (nSPS) is 17.1. The minimum atomic E-state index is -1.12. The van der Waals surface area contributed by atoms with E-state index >= 15 is 0 Å². The first-order valence-electron chi connectivity index (χ1n) is 10.3. The number of rotatable bonds is 9. The zero-order valence-electron chi connectivity index (χ0n) is 17.7. The number of amides is 2. The summed E-state index contributed by atoms with van der Waals surface area (Å²) in [6.07, 6.45) is -0.199. The molecule has 3 rings (SSSR count). The number of carbonyl (C=O) groups is 3. The third-order valence-electron chi connectivity index (χ3n) is 5.12. The summed E-state index contributed by atoms with van der Waals surface area (Å²) in [4.78, 5) is 41.3. The molecule has 1 heterocycles. The lowest BCUT2D eigenvalue weighted by Gasteiger charge is -2.24. The van der Waals surface area contributed by atoms with Crippen LogP contribution in [0.4, 0.5) is 4.79 Å². The van der Waals surface area contributed by atoms with Crippen LogP contribution in [-0.2, 0) is 20.7 Å².